The molecule has 2 nitrogen and oxygen atoms in total. The third-order valence-electron chi connectivity index (χ3n) is 3.88. The molecule has 1 amide bonds. The standard InChI is InChI=1S/C16H22BrNO/c1-13-8-10-18(11-9-13)16(19)7-3-5-14-4-2-6-15(17)12-14/h2,4,6,12-13H,3,5,7-11H2,1H3. The van der Waals surface area contributed by atoms with Crippen molar-refractivity contribution in [2.75, 3.05) is 13.1 Å². The van der Waals surface area contributed by atoms with Gasteiger partial charge >= 0.3 is 0 Å². The van der Waals surface area contributed by atoms with Gasteiger partial charge in [0.25, 0.3) is 0 Å². The highest BCUT2D eigenvalue weighted by atomic mass is 79.9. The molecular formula is C16H22BrNO. The van der Waals surface area contributed by atoms with E-state index in [4.69, 9.17) is 0 Å². The van der Waals surface area contributed by atoms with Crippen LogP contribution in [0.1, 0.15) is 38.2 Å². The number of benzene rings is 1. The van der Waals surface area contributed by atoms with Crippen LogP contribution in [0.5, 0.6) is 0 Å². The smallest absolute Gasteiger partial charge is 0.222 e. The van der Waals surface area contributed by atoms with Crippen LogP contribution in [0.15, 0.2) is 28.7 Å². The van der Waals surface area contributed by atoms with Crippen LogP contribution >= 0.6 is 15.9 Å². The molecule has 0 spiro atoms. The Morgan fingerprint density at radius 1 is 1.37 bits per heavy atom. The van der Waals surface area contributed by atoms with Crippen molar-refractivity contribution in [1.82, 2.24) is 4.90 Å². The van der Waals surface area contributed by atoms with Crippen LogP contribution in [0.25, 0.3) is 0 Å². The largest absolute Gasteiger partial charge is 0.343 e. The second-order valence-electron chi connectivity index (χ2n) is 5.55. The summed E-state index contributed by atoms with van der Waals surface area (Å²) in [6.07, 6.45) is 4.94. The maximum absolute atomic E-state index is 12.1. The van der Waals surface area contributed by atoms with E-state index in [0.717, 1.165) is 49.2 Å². The molecule has 0 unspecified atom stereocenters. The minimum absolute atomic E-state index is 0.335. The van der Waals surface area contributed by atoms with E-state index in [2.05, 4.69) is 35.0 Å². The number of aryl methyl sites for hydroxylation is 1. The highest BCUT2D eigenvalue weighted by Gasteiger charge is 2.19. The maximum Gasteiger partial charge on any atom is 0.222 e. The Kier molecular flexibility index (Phi) is 5.44. The lowest BCUT2D eigenvalue weighted by Gasteiger charge is -2.30. The lowest BCUT2D eigenvalue weighted by molar-refractivity contribution is -0.132. The number of carbonyl (C=O) groups excluding carboxylic acids is 1. The average molecular weight is 324 g/mol. The van der Waals surface area contributed by atoms with Crippen LogP contribution < -0.4 is 0 Å². The highest BCUT2D eigenvalue weighted by molar-refractivity contribution is 9.10. The molecule has 1 aliphatic heterocycles. The Balaban J connectivity index is 1.72. The quantitative estimate of drug-likeness (QED) is 0.819. The number of piperidine rings is 1. The molecule has 0 aliphatic carbocycles. The van der Waals surface area contributed by atoms with Crippen LogP contribution in [0.3, 0.4) is 0 Å². The number of hydrogen-bond donors (Lipinski definition) is 0. The summed E-state index contributed by atoms with van der Waals surface area (Å²) in [5.41, 5.74) is 1.30. The lowest BCUT2D eigenvalue weighted by atomic mass is 9.99. The molecule has 2 rings (SSSR count). The van der Waals surface area contributed by atoms with E-state index < -0.39 is 0 Å². The number of rotatable bonds is 4. The minimum atomic E-state index is 0.335. The predicted molar refractivity (Wildman–Crippen MR) is 82.1 cm³/mol. The van der Waals surface area contributed by atoms with Crippen LogP contribution in [-0.4, -0.2) is 23.9 Å². The number of nitrogens with zero attached hydrogens (tertiary/aromatic N) is 1. The molecule has 1 aliphatic rings. The first-order valence-corrected chi connectivity index (χ1v) is 7.96. The van der Waals surface area contributed by atoms with Crippen LogP contribution in [0.4, 0.5) is 0 Å². The van der Waals surface area contributed by atoms with Crippen molar-refractivity contribution in [2.24, 2.45) is 5.92 Å². The Labute approximate surface area is 124 Å². The normalized spacial score (nSPS) is 16.6. The van der Waals surface area contributed by atoms with Gasteiger partial charge in [-0.3, -0.25) is 4.79 Å². The van der Waals surface area contributed by atoms with Crippen molar-refractivity contribution in [2.45, 2.75) is 39.0 Å². The minimum Gasteiger partial charge on any atom is -0.343 e. The Morgan fingerprint density at radius 3 is 2.79 bits per heavy atom. The van der Waals surface area contributed by atoms with E-state index in [9.17, 15) is 4.79 Å². The van der Waals surface area contributed by atoms with Gasteiger partial charge in [-0.25, -0.2) is 0 Å². The average Bonchev–Trinajstić information content (AvgIpc) is 2.39. The Morgan fingerprint density at radius 2 is 2.11 bits per heavy atom. The van der Waals surface area contributed by atoms with E-state index in [-0.39, 0.29) is 0 Å². The fraction of sp³-hybridized carbons (Fsp3) is 0.562. The summed E-state index contributed by atoms with van der Waals surface area (Å²) in [6.45, 7) is 4.18. The summed E-state index contributed by atoms with van der Waals surface area (Å²) in [6, 6.07) is 8.33. The third-order valence-corrected chi connectivity index (χ3v) is 4.37. The first kappa shape index (κ1) is 14.6. The van der Waals surface area contributed by atoms with Gasteiger partial charge in [0.2, 0.25) is 5.91 Å². The van der Waals surface area contributed by atoms with E-state index in [1.807, 2.05) is 17.0 Å². The molecule has 19 heavy (non-hydrogen) atoms. The topological polar surface area (TPSA) is 20.3 Å². The molecule has 1 saturated heterocycles. The second kappa shape index (κ2) is 7.09. The number of carbonyl (C=O) groups is 1. The second-order valence-corrected chi connectivity index (χ2v) is 6.46. The molecule has 104 valence electrons. The molecule has 3 heteroatoms. The fourth-order valence-electron chi connectivity index (χ4n) is 2.55. The number of likely N-dealkylation sites (tertiary alicyclic amines) is 1. The van der Waals surface area contributed by atoms with Crippen molar-refractivity contribution >= 4 is 21.8 Å². The summed E-state index contributed by atoms with van der Waals surface area (Å²) in [7, 11) is 0. The summed E-state index contributed by atoms with van der Waals surface area (Å²) in [4.78, 5) is 14.1. The van der Waals surface area contributed by atoms with Gasteiger partial charge in [0.15, 0.2) is 0 Å². The van der Waals surface area contributed by atoms with E-state index >= 15 is 0 Å². The molecule has 0 N–H and O–H groups in total. The summed E-state index contributed by atoms with van der Waals surface area (Å²) in [5.74, 6) is 1.12. The lowest BCUT2D eigenvalue weighted by Crippen LogP contribution is -2.37. The number of halogens is 1. The van der Waals surface area contributed by atoms with Crippen molar-refractivity contribution in [1.29, 1.82) is 0 Å². The van der Waals surface area contributed by atoms with Gasteiger partial charge in [-0.1, -0.05) is 35.0 Å². The predicted octanol–water partition coefficient (Wildman–Crippen LogP) is 4.03. The SMILES string of the molecule is CC1CCN(C(=O)CCCc2cccc(Br)c2)CC1. The molecule has 0 saturated carbocycles. The van der Waals surface area contributed by atoms with Crippen LogP contribution in [0, 0.1) is 5.92 Å². The van der Waals surface area contributed by atoms with Gasteiger partial charge in [0.1, 0.15) is 0 Å². The van der Waals surface area contributed by atoms with Gasteiger partial charge in [-0.15, -0.1) is 0 Å². The third kappa shape index (κ3) is 4.64. The van der Waals surface area contributed by atoms with E-state index in [1.54, 1.807) is 0 Å². The summed E-state index contributed by atoms with van der Waals surface area (Å²) in [5, 5.41) is 0. The number of amides is 1. The van der Waals surface area contributed by atoms with Crippen LogP contribution in [-0.2, 0) is 11.2 Å². The van der Waals surface area contributed by atoms with Gasteiger partial charge in [0, 0.05) is 24.0 Å². The van der Waals surface area contributed by atoms with Gasteiger partial charge < -0.3 is 4.90 Å². The molecule has 0 atom stereocenters. The van der Waals surface area contributed by atoms with E-state index in [1.165, 1.54) is 5.56 Å². The first-order chi connectivity index (χ1) is 9.15. The van der Waals surface area contributed by atoms with Crippen molar-refractivity contribution in [3.8, 4) is 0 Å². The van der Waals surface area contributed by atoms with Crippen molar-refractivity contribution < 1.29 is 4.79 Å². The fourth-order valence-corrected chi connectivity index (χ4v) is 3.00. The van der Waals surface area contributed by atoms with Gasteiger partial charge in [0.05, 0.1) is 0 Å². The molecule has 0 bridgehead atoms. The molecule has 1 fully saturated rings. The molecular weight excluding hydrogens is 302 g/mol. The monoisotopic (exact) mass is 323 g/mol. The van der Waals surface area contributed by atoms with Gasteiger partial charge in [-0.05, 0) is 49.3 Å². The molecule has 1 aromatic carbocycles. The molecule has 0 aromatic heterocycles. The highest BCUT2D eigenvalue weighted by Crippen LogP contribution is 2.18. The molecule has 1 heterocycles. The molecule has 1 aromatic rings. The Hall–Kier alpha value is -0.830. The van der Waals surface area contributed by atoms with E-state index in [0.29, 0.717) is 12.3 Å². The Bertz CT molecular complexity index is 425. The zero-order chi connectivity index (χ0) is 13.7. The van der Waals surface area contributed by atoms with Gasteiger partial charge in [-0.2, -0.15) is 0 Å². The zero-order valence-corrected chi connectivity index (χ0v) is 13.2. The van der Waals surface area contributed by atoms with Crippen molar-refractivity contribution in [3.05, 3.63) is 34.3 Å². The maximum atomic E-state index is 12.1. The zero-order valence-electron chi connectivity index (χ0n) is 11.6. The van der Waals surface area contributed by atoms with Crippen molar-refractivity contribution in [3.63, 3.8) is 0 Å². The van der Waals surface area contributed by atoms with Crippen LogP contribution in [0.2, 0.25) is 0 Å². The summed E-state index contributed by atoms with van der Waals surface area (Å²) >= 11 is 3.48. The summed E-state index contributed by atoms with van der Waals surface area (Å²) < 4.78 is 1.11. The molecule has 0 radical (unpaired) electrons. The number of hydrogen-bond acceptors (Lipinski definition) is 1. The first-order valence-electron chi connectivity index (χ1n) is 7.17.